The summed E-state index contributed by atoms with van der Waals surface area (Å²) < 4.78 is 0. The van der Waals surface area contributed by atoms with E-state index in [1.807, 2.05) is 30.3 Å². The second-order valence-electron chi connectivity index (χ2n) is 5.58. The van der Waals surface area contributed by atoms with Crippen LogP contribution in [-0.2, 0) is 11.2 Å². The number of carbonyl (C=O) groups is 3. The maximum atomic E-state index is 12.7. The molecule has 25 heavy (non-hydrogen) atoms. The Morgan fingerprint density at radius 3 is 2.04 bits per heavy atom. The van der Waals surface area contributed by atoms with Gasteiger partial charge in [-0.1, -0.05) is 42.5 Å². The number of benzene rings is 2. The molecule has 0 aliphatic carbocycles. The number of nitrogens with zero attached hydrogens (tertiary/aromatic N) is 1. The van der Waals surface area contributed by atoms with Crippen molar-refractivity contribution in [3.63, 3.8) is 0 Å². The van der Waals surface area contributed by atoms with Gasteiger partial charge in [0, 0.05) is 6.42 Å². The standard InChI is InChI=1S/C18H15N3O3S/c19-18(25)20-15(22)14(10-11-6-2-1-3-7-11)21-16(23)12-8-4-5-9-13(12)17(21)24/h1-9,14H,10H2,(H3,19,20,22,25). The molecule has 2 aromatic rings. The molecule has 0 bridgehead atoms. The maximum Gasteiger partial charge on any atom is 0.262 e. The molecule has 0 aromatic heterocycles. The number of amides is 3. The molecule has 3 N–H and O–H groups in total. The van der Waals surface area contributed by atoms with Gasteiger partial charge >= 0.3 is 0 Å². The topological polar surface area (TPSA) is 92.5 Å². The van der Waals surface area contributed by atoms with Gasteiger partial charge in [0.05, 0.1) is 11.1 Å². The third-order valence-corrected chi connectivity index (χ3v) is 4.06. The molecule has 0 radical (unpaired) electrons. The highest BCUT2D eigenvalue weighted by molar-refractivity contribution is 7.80. The van der Waals surface area contributed by atoms with Gasteiger partial charge in [-0.2, -0.15) is 0 Å². The lowest BCUT2D eigenvalue weighted by molar-refractivity contribution is -0.123. The molecule has 0 saturated carbocycles. The van der Waals surface area contributed by atoms with Crippen molar-refractivity contribution in [2.75, 3.05) is 0 Å². The summed E-state index contributed by atoms with van der Waals surface area (Å²) in [6.07, 6.45) is 0.167. The van der Waals surface area contributed by atoms with E-state index in [1.54, 1.807) is 24.3 Å². The van der Waals surface area contributed by atoms with Gasteiger partial charge in [-0.05, 0) is 29.9 Å². The quantitative estimate of drug-likeness (QED) is 0.638. The van der Waals surface area contributed by atoms with Crippen LogP contribution in [0.5, 0.6) is 0 Å². The highest BCUT2D eigenvalue weighted by Crippen LogP contribution is 2.26. The number of thiocarbonyl (C=S) groups is 1. The van der Waals surface area contributed by atoms with Crippen LogP contribution in [0.25, 0.3) is 0 Å². The van der Waals surface area contributed by atoms with Gasteiger partial charge in [-0.25, -0.2) is 0 Å². The van der Waals surface area contributed by atoms with Crippen LogP contribution in [0.4, 0.5) is 0 Å². The molecular formula is C18H15N3O3S. The molecule has 6 nitrogen and oxygen atoms in total. The summed E-state index contributed by atoms with van der Waals surface area (Å²) in [6, 6.07) is 14.6. The summed E-state index contributed by atoms with van der Waals surface area (Å²) in [5.41, 5.74) is 6.77. The normalized spacial score (nSPS) is 14.2. The van der Waals surface area contributed by atoms with Gasteiger partial charge in [0.15, 0.2) is 5.11 Å². The summed E-state index contributed by atoms with van der Waals surface area (Å²) in [6.45, 7) is 0. The monoisotopic (exact) mass is 353 g/mol. The molecule has 1 heterocycles. The first-order valence-corrected chi connectivity index (χ1v) is 8.01. The maximum absolute atomic E-state index is 12.7. The Bertz CT molecular complexity index is 832. The van der Waals surface area contributed by atoms with Crippen molar-refractivity contribution in [3.05, 3.63) is 71.3 Å². The SMILES string of the molecule is NC(=S)NC(=O)C(Cc1ccccc1)N1C(=O)c2ccccc2C1=O. The van der Waals surface area contributed by atoms with Crippen LogP contribution < -0.4 is 11.1 Å². The van der Waals surface area contributed by atoms with Crippen LogP contribution in [0.2, 0.25) is 0 Å². The smallest absolute Gasteiger partial charge is 0.262 e. The number of imide groups is 1. The molecule has 0 fully saturated rings. The second kappa shape index (κ2) is 6.82. The number of hydrogen-bond donors (Lipinski definition) is 2. The van der Waals surface area contributed by atoms with Gasteiger partial charge in [0.25, 0.3) is 11.8 Å². The van der Waals surface area contributed by atoms with Crippen molar-refractivity contribution in [3.8, 4) is 0 Å². The average Bonchev–Trinajstić information content (AvgIpc) is 2.85. The molecule has 0 saturated heterocycles. The largest absolute Gasteiger partial charge is 0.376 e. The summed E-state index contributed by atoms with van der Waals surface area (Å²) in [5, 5.41) is 2.12. The van der Waals surface area contributed by atoms with Gasteiger partial charge in [-0.3, -0.25) is 19.3 Å². The third-order valence-electron chi connectivity index (χ3n) is 3.96. The van der Waals surface area contributed by atoms with E-state index in [0.29, 0.717) is 0 Å². The number of rotatable bonds is 4. The number of nitrogens with two attached hydrogens (primary N) is 1. The van der Waals surface area contributed by atoms with E-state index < -0.39 is 23.8 Å². The fraction of sp³-hybridized carbons (Fsp3) is 0.111. The van der Waals surface area contributed by atoms with E-state index in [9.17, 15) is 14.4 Å². The van der Waals surface area contributed by atoms with E-state index in [-0.39, 0.29) is 22.7 Å². The van der Waals surface area contributed by atoms with E-state index >= 15 is 0 Å². The highest BCUT2D eigenvalue weighted by atomic mass is 32.1. The van der Waals surface area contributed by atoms with Crippen molar-refractivity contribution in [1.82, 2.24) is 10.2 Å². The predicted octanol–water partition coefficient (Wildman–Crippen LogP) is 1.25. The van der Waals surface area contributed by atoms with Gasteiger partial charge in [0.2, 0.25) is 5.91 Å². The number of fused-ring (bicyclic) bond motifs is 1. The molecule has 0 spiro atoms. The lowest BCUT2D eigenvalue weighted by atomic mass is 10.0. The molecule has 1 unspecified atom stereocenters. The molecule has 3 rings (SSSR count). The van der Waals surface area contributed by atoms with Crippen LogP contribution in [0.15, 0.2) is 54.6 Å². The molecule has 1 atom stereocenters. The van der Waals surface area contributed by atoms with Crippen molar-refractivity contribution in [2.24, 2.45) is 5.73 Å². The van der Waals surface area contributed by atoms with Crippen molar-refractivity contribution in [2.45, 2.75) is 12.5 Å². The van der Waals surface area contributed by atoms with Crippen LogP contribution in [0.3, 0.4) is 0 Å². The Morgan fingerprint density at radius 1 is 1.00 bits per heavy atom. The highest BCUT2D eigenvalue weighted by Gasteiger charge is 2.42. The third kappa shape index (κ3) is 3.27. The zero-order valence-electron chi connectivity index (χ0n) is 13.1. The van der Waals surface area contributed by atoms with E-state index in [2.05, 4.69) is 5.32 Å². The van der Waals surface area contributed by atoms with Gasteiger partial charge in [-0.15, -0.1) is 0 Å². The molecule has 7 heteroatoms. The zero-order valence-corrected chi connectivity index (χ0v) is 14.0. The first-order chi connectivity index (χ1) is 12.0. The second-order valence-corrected chi connectivity index (χ2v) is 6.02. The van der Waals surface area contributed by atoms with Crippen LogP contribution >= 0.6 is 12.2 Å². The lowest BCUT2D eigenvalue weighted by Gasteiger charge is -2.25. The van der Waals surface area contributed by atoms with E-state index in [0.717, 1.165) is 10.5 Å². The molecule has 2 aromatic carbocycles. The fourth-order valence-corrected chi connectivity index (χ4v) is 2.93. The Labute approximate surface area is 149 Å². The predicted molar refractivity (Wildman–Crippen MR) is 95.8 cm³/mol. The number of hydrogen-bond acceptors (Lipinski definition) is 4. The van der Waals surface area contributed by atoms with Crippen molar-refractivity contribution < 1.29 is 14.4 Å². The molecule has 1 aliphatic rings. The minimum absolute atomic E-state index is 0.167. The Balaban J connectivity index is 1.97. The number of nitrogens with one attached hydrogen (secondary N) is 1. The summed E-state index contributed by atoms with van der Waals surface area (Å²) >= 11 is 4.72. The molecular weight excluding hydrogens is 338 g/mol. The van der Waals surface area contributed by atoms with Crippen molar-refractivity contribution in [1.29, 1.82) is 0 Å². The first-order valence-electron chi connectivity index (χ1n) is 7.60. The fourth-order valence-electron chi connectivity index (χ4n) is 2.83. The summed E-state index contributed by atoms with van der Waals surface area (Å²) in [4.78, 5) is 38.9. The average molecular weight is 353 g/mol. The Kier molecular flexibility index (Phi) is 4.58. The first kappa shape index (κ1) is 16.8. The van der Waals surface area contributed by atoms with Gasteiger partial charge in [0.1, 0.15) is 6.04 Å². The lowest BCUT2D eigenvalue weighted by Crippen LogP contribution is -2.52. The summed E-state index contributed by atoms with van der Waals surface area (Å²) in [5.74, 6) is -1.59. The molecule has 3 amide bonds. The molecule has 1 aliphatic heterocycles. The van der Waals surface area contributed by atoms with Crippen LogP contribution in [0, 0.1) is 0 Å². The van der Waals surface area contributed by atoms with Crippen molar-refractivity contribution >= 4 is 35.1 Å². The summed E-state index contributed by atoms with van der Waals surface area (Å²) in [7, 11) is 0. The Hall–Kier alpha value is -3.06. The zero-order chi connectivity index (χ0) is 18.0. The van der Waals surface area contributed by atoms with Gasteiger partial charge < -0.3 is 11.1 Å². The number of carbonyl (C=O) groups excluding carboxylic acids is 3. The van der Waals surface area contributed by atoms with E-state index in [4.69, 9.17) is 18.0 Å². The van der Waals surface area contributed by atoms with Crippen LogP contribution in [-0.4, -0.2) is 33.8 Å². The molecule has 126 valence electrons. The van der Waals surface area contributed by atoms with E-state index in [1.165, 1.54) is 0 Å². The minimum atomic E-state index is -1.05. The Morgan fingerprint density at radius 2 is 1.52 bits per heavy atom. The van der Waals surface area contributed by atoms with Crippen LogP contribution in [0.1, 0.15) is 26.3 Å². The minimum Gasteiger partial charge on any atom is -0.376 e.